The summed E-state index contributed by atoms with van der Waals surface area (Å²) in [4.78, 5) is 19.4. The minimum atomic E-state index is -0.381. The van der Waals surface area contributed by atoms with Crippen LogP contribution in [0.5, 0.6) is 17.2 Å². The van der Waals surface area contributed by atoms with Gasteiger partial charge in [-0.15, -0.1) is 0 Å². The Hall–Kier alpha value is -3.50. The van der Waals surface area contributed by atoms with Crippen LogP contribution in [0.2, 0.25) is 5.02 Å². The number of halogens is 1. The predicted octanol–water partition coefficient (Wildman–Crippen LogP) is 3.67. The van der Waals surface area contributed by atoms with Gasteiger partial charge in [-0.25, -0.2) is 4.98 Å². The molecule has 0 aliphatic rings. The first kappa shape index (κ1) is 19.3. The lowest BCUT2D eigenvalue weighted by molar-refractivity contribution is 0.324. The average Bonchev–Trinajstić information content (AvgIpc) is 2.71. The van der Waals surface area contributed by atoms with Crippen LogP contribution in [0.25, 0.3) is 22.6 Å². The molecule has 0 unspecified atom stereocenters. The highest BCUT2D eigenvalue weighted by molar-refractivity contribution is 6.31. The minimum Gasteiger partial charge on any atom is -0.493 e. The third-order valence-electron chi connectivity index (χ3n) is 4.04. The number of hydrogen-bond donors (Lipinski definition) is 1. The van der Waals surface area contributed by atoms with Gasteiger partial charge in [-0.2, -0.15) is 5.26 Å². The van der Waals surface area contributed by atoms with Gasteiger partial charge in [-0.1, -0.05) is 11.6 Å². The average molecular weight is 398 g/mol. The SMILES string of the molecule is COc1cc(/C=C(/C#N)c2nc3ccc(Cl)cc3c(=O)[nH]2)cc(OC)c1OC. The molecule has 7 nitrogen and oxygen atoms in total. The zero-order valence-electron chi connectivity index (χ0n) is 15.4. The topological polar surface area (TPSA) is 97.2 Å². The van der Waals surface area contributed by atoms with Crippen molar-refractivity contribution in [3.05, 3.63) is 57.1 Å². The van der Waals surface area contributed by atoms with E-state index in [1.807, 2.05) is 0 Å². The molecule has 0 amide bonds. The fourth-order valence-corrected chi connectivity index (χ4v) is 2.92. The summed E-state index contributed by atoms with van der Waals surface area (Å²) in [5.74, 6) is 1.48. The number of ether oxygens (including phenoxy) is 3. The van der Waals surface area contributed by atoms with Gasteiger partial charge in [0.1, 0.15) is 6.07 Å². The first-order valence-electron chi connectivity index (χ1n) is 8.12. The van der Waals surface area contributed by atoms with Crippen molar-refractivity contribution in [3.8, 4) is 23.3 Å². The number of nitriles is 1. The molecule has 3 rings (SSSR count). The van der Waals surface area contributed by atoms with Gasteiger partial charge in [0, 0.05) is 5.02 Å². The summed E-state index contributed by atoms with van der Waals surface area (Å²) in [6.45, 7) is 0. The Morgan fingerprint density at radius 1 is 1.14 bits per heavy atom. The van der Waals surface area contributed by atoms with E-state index < -0.39 is 0 Å². The molecule has 1 N–H and O–H groups in total. The van der Waals surface area contributed by atoms with Crippen LogP contribution in [0, 0.1) is 11.3 Å². The molecule has 1 heterocycles. The van der Waals surface area contributed by atoms with Gasteiger partial charge in [-0.05, 0) is 42.0 Å². The van der Waals surface area contributed by atoms with Crippen LogP contribution in [0.3, 0.4) is 0 Å². The zero-order valence-corrected chi connectivity index (χ0v) is 16.1. The second-order valence-electron chi connectivity index (χ2n) is 5.70. The summed E-state index contributed by atoms with van der Waals surface area (Å²) < 4.78 is 15.9. The van der Waals surface area contributed by atoms with Crippen LogP contribution in [0.15, 0.2) is 35.1 Å². The second-order valence-corrected chi connectivity index (χ2v) is 6.14. The summed E-state index contributed by atoms with van der Waals surface area (Å²) in [5.41, 5.74) is 0.843. The number of nitrogens with one attached hydrogen (secondary N) is 1. The summed E-state index contributed by atoms with van der Waals surface area (Å²) in [5, 5.41) is 10.4. The number of aromatic amines is 1. The van der Waals surface area contributed by atoms with Crippen LogP contribution in [-0.2, 0) is 0 Å². The Morgan fingerprint density at radius 3 is 2.39 bits per heavy atom. The lowest BCUT2D eigenvalue weighted by Gasteiger charge is -2.13. The number of benzene rings is 2. The molecule has 0 aliphatic heterocycles. The summed E-state index contributed by atoms with van der Waals surface area (Å²) in [6, 6.07) is 10.2. The van der Waals surface area contributed by atoms with Crippen molar-refractivity contribution in [3.63, 3.8) is 0 Å². The highest BCUT2D eigenvalue weighted by Gasteiger charge is 2.14. The molecule has 0 radical (unpaired) electrons. The van der Waals surface area contributed by atoms with Crippen LogP contribution >= 0.6 is 11.6 Å². The van der Waals surface area contributed by atoms with Crippen LogP contribution in [0.1, 0.15) is 11.4 Å². The lowest BCUT2D eigenvalue weighted by atomic mass is 10.1. The van der Waals surface area contributed by atoms with Crippen molar-refractivity contribution in [1.29, 1.82) is 5.26 Å². The highest BCUT2D eigenvalue weighted by Crippen LogP contribution is 2.39. The molecule has 2 aromatic carbocycles. The summed E-state index contributed by atoms with van der Waals surface area (Å²) in [7, 11) is 4.51. The van der Waals surface area contributed by atoms with E-state index in [2.05, 4.69) is 16.0 Å². The maximum atomic E-state index is 12.4. The predicted molar refractivity (Wildman–Crippen MR) is 107 cm³/mol. The molecule has 0 atom stereocenters. The van der Waals surface area contributed by atoms with E-state index >= 15 is 0 Å². The maximum absolute atomic E-state index is 12.4. The fraction of sp³-hybridized carbons (Fsp3) is 0.150. The Labute approximate surface area is 165 Å². The molecule has 3 aromatic rings. The van der Waals surface area contributed by atoms with Crippen molar-refractivity contribution >= 4 is 34.2 Å². The number of aromatic nitrogens is 2. The lowest BCUT2D eigenvalue weighted by Crippen LogP contribution is -2.11. The van der Waals surface area contributed by atoms with Crippen LogP contribution in [0.4, 0.5) is 0 Å². The minimum absolute atomic E-state index is 0.149. The molecule has 28 heavy (non-hydrogen) atoms. The standard InChI is InChI=1S/C20H16ClN3O4/c1-26-16-7-11(8-17(27-2)18(16)28-3)6-12(10-22)19-23-15-5-4-13(21)9-14(15)20(25)24-19/h4-9H,1-3H3,(H,23,24,25)/b12-6-. The molecule has 0 aliphatic carbocycles. The van der Waals surface area contributed by atoms with Crippen molar-refractivity contribution in [2.24, 2.45) is 0 Å². The number of H-pyrrole nitrogens is 1. The summed E-state index contributed by atoms with van der Waals surface area (Å²) >= 11 is 5.93. The number of methoxy groups -OCH3 is 3. The highest BCUT2D eigenvalue weighted by atomic mass is 35.5. The van der Waals surface area contributed by atoms with Gasteiger partial charge >= 0.3 is 0 Å². The number of fused-ring (bicyclic) bond motifs is 1. The van der Waals surface area contributed by atoms with Crippen molar-refractivity contribution in [2.45, 2.75) is 0 Å². The quantitative estimate of drug-likeness (QED) is 0.660. The zero-order chi connectivity index (χ0) is 20.3. The number of hydrogen-bond acceptors (Lipinski definition) is 6. The van der Waals surface area contributed by atoms with E-state index in [1.54, 1.807) is 30.3 Å². The third kappa shape index (κ3) is 3.63. The van der Waals surface area contributed by atoms with E-state index in [-0.39, 0.29) is 17.0 Å². The fourth-order valence-electron chi connectivity index (χ4n) is 2.74. The normalized spacial score (nSPS) is 11.2. The number of nitrogens with zero attached hydrogens (tertiary/aromatic N) is 2. The van der Waals surface area contributed by atoms with Gasteiger partial charge in [0.2, 0.25) is 5.75 Å². The molecule has 1 aromatic heterocycles. The monoisotopic (exact) mass is 397 g/mol. The first-order chi connectivity index (χ1) is 13.5. The van der Waals surface area contributed by atoms with Crippen molar-refractivity contribution in [2.75, 3.05) is 21.3 Å². The Bertz CT molecular complexity index is 1150. The van der Waals surface area contributed by atoms with E-state index in [0.717, 1.165) is 0 Å². The van der Waals surface area contributed by atoms with Crippen LogP contribution < -0.4 is 19.8 Å². The maximum Gasteiger partial charge on any atom is 0.259 e. The number of rotatable bonds is 5. The van der Waals surface area contributed by atoms with Gasteiger partial charge in [-0.3, -0.25) is 4.79 Å². The van der Waals surface area contributed by atoms with Gasteiger partial charge in [0.25, 0.3) is 5.56 Å². The largest absolute Gasteiger partial charge is 0.493 e. The van der Waals surface area contributed by atoms with E-state index in [1.165, 1.54) is 27.4 Å². The molecular weight excluding hydrogens is 382 g/mol. The number of allylic oxidation sites excluding steroid dienone is 1. The van der Waals surface area contributed by atoms with Gasteiger partial charge in [0.15, 0.2) is 17.3 Å². The molecule has 0 bridgehead atoms. The molecular formula is C20H16ClN3O4. The van der Waals surface area contributed by atoms with E-state index in [0.29, 0.717) is 38.7 Å². The summed E-state index contributed by atoms with van der Waals surface area (Å²) in [6.07, 6.45) is 1.57. The Balaban J connectivity index is 2.15. The van der Waals surface area contributed by atoms with E-state index in [9.17, 15) is 10.1 Å². The van der Waals surface area contributed by atoms with Crippen molar-refractivity contribution < 1.29 is 14.2 Å². The smallest absolute Gasteiger partial charge is 0.259 e. The molecule has 0 spiro atoms. The molecule has 142 valence electrons. The second kappa shape index (κ2) is 8.03. The molecule has 0 fully saturated rings. The Kier molecular flexibility index (Phi) is 5.52. The molecule has 8 heteroatoms. The van der Waals surface area contributed by atoms with Crippen LogP contribution in [-0.4, -0.2) is 31.3 Å². The first-order valence-corrected chi connectivity index (χ1v) is 8.50. The van der Waals surface area contributed by atoms with Gasteiger partial charge < -0.3 is 19.2 Å². The van der Waals surface area contributed by atoms with E-state index in [4.69, 9.17) is 25.8 Å². The third-order valence-corrected chi connectivity index (χ3v) is 4.28. The van der Waals surface area contributed by atoms with Crippen molar-refractivity contribution in [1.82, 2.24) is 9.97 Å². The Morgan fingerprint density at radius 2 is 1.82 bits per heavy atom. The molecule has 0 saturated heterocycles. The van der Waals surface area contributed by atoms with Gasteiger partial charge in [0.05, 0.1) is 37.8 Å². The molecule has 0 saturated carbocycles.